The van der Waals surface area contributed by atoms with Crippen molar-refractivity contribution < 1.29 is 14.3 Å². The molecular weight excluding hydrogens is 364 g/mol. The first-order valence-corrected chi connectivity index (χ1v) is 10.4. The quantitative estimate of drug-likeness (QED) is 0.856. The number of ether oxygens (including phenoxy) is 2. The average Bonchev–Trinajstić information content (AvgIpc) is 2.69. The lowest BCUT2D eigenvalue weighted by molar-refractivity contribution is 0.0342. The lowest BCUT2D eigenvalue weighted by Gasteiger charge is -2.38. The Bertz CT molecular complexity index is 870. The van der Waals surface area contributed by atoms with E-state index in [0.29, 0.717) is 5.56 Å². The van der Waals surface area contributed by atoms with E-state index in [1.165, 1.54) is 11.1 Å². The van der Waals surface area contributed by atoms with Crippen molar-refractivity contribution in [1.82, 2.24) is 10.2 Å². The zero-order valence-corrected chi connectivity index (χ0v) is 17.5. The maximum atomic E-state index is 12.9. The van der Waals surface area contributed by atoms with E-state index >= 15 is 0 Å². The summed E-state index contributed by atoms with van der Waals surface area (Å²) < 4.78 is 11.5. The summed E-state index contributed by atoms with van der Waals surface area (Å²) in [5.74, 6) is 0.816. The number of carbonyl (C=O) groups is 1. The van der Waals surface area contributed by atoms with Crippen LogP contribution in [0.25, 0.3) is 0 Å². The number of amides is 1. The van der Waals surface area contributed by atoms with Crippen LogP contribution >= 0.6 is 0 Å². The fourth-order valence-corrected chi connectivity index (χ4v) is 4.12. The molecule has 5 heteroatoms. The van der Waals surface area contributed by atoms with Gasteiger partial charge in [-0.15, -0.1) is 0 Å². The van der Waals surface area contributed by atoms with Gasteiger partial charge in [0, 0.05) is 37.2 Å². The molecule has 1 amide bonds. The molecule has 2 aromatic rings. The van der Waals surface area contributed by atoms with Gasteiger partial charge in [-0.05, 0) is 44.5 Å². The van der Waals surface area contributed by atoms with Crippen LogP contribution < -0.4 is 10.1 Å². The number of benzene rings is 2. The predicted octanol–water partition coefficient (Wildman–Crippen LogP) is 3.86. The highest BCUT2D eigenvalue weighted by atomic mass is 16.5. The van der Waals surface area contributed by atoms with Crippen molar-refractivity contribution in [3.8, 4) is 5.75 Å². The van der Waals surface area contributed by atoms with Crippen LogP contribution in [0.2, 0.25) is 0 Å². The third-order valence-corrected chi connectivity index (χ3v) is 5.65. The normalized spacial score (nSPS) is 21.1. The van der Waals surface area contributed by atoms with E-state index in [1.807, 2.05) is 24.3 Å². The molecule has 1 unspecified atom stereocenters. The van der Waals surface area contributed by atoms with E-state index in [4.69, 9.17) is 9.47 Å². The highest BCUT2D eigenvalue weighted by molar-refractivity contribution is 5.94. The van der Waals surface area contributed by atoms with Crippen molar-refractivity contribution in [2.24, 2.45) is 0 Å². The third kappa shape index (κ3) is 4.80. The van der Waals surface area contributed by atoms with E-state index in [1.54, 1.807) is 0 Å². The van der Waals surface area contributed by atoms with Gasteiger partial charge in [0.2, 0.25) is 0 Å². The number of morpholine rings is 1. The number of carbonyl (C=O) groups excluding carboxylic acids is 1. The summed E-state index contributed by atoms with van der Waals surface area (Å²) in [4.78, 5) is 15.3. The summed E-state index contributed by atoms with van der Waals surface area (Å²) in [6.45, 7) is 10.6. The summed E-state index contributed by atoms with van der Waals surface area (Å²) in [7, 11) is 0. The second-order valence-electron chi connectivity index (χ2n) is 8.72. The molecule has 5 nitrogen and oxygen atoms in total. The van der Waals surface area contributed by atoms with Crippen LogP contribution in [-0.2, 0) is 11.3 Å². The molecular formula is C24H30N2O3. The Morgan fingerprint density at radius 3 is 2.59 bits per heavy atom. The molecule has 0 bridgehead atoms. The van der Waals surface area contributed by atoms with E-state index in [0.717, 1.165) is 50.6 Å². The van der Waals surface area contributed by atoms with Gasteiger partial charge in [-0.1, -0.05) is 29.8 Å². The molecule has 1 N–H and O–H groups in total. The number of fused-ring (bicyclic) bond motifs is 1. The Kier molecular flexibility index (Phi) is 5.61. The molecule has 1 fully saturated rings. The van der Waals surface area contributed by atoms with Crippen LogP contribution in [0, 0.1) is 6.92 Å². The molecule has 0 aliphatic carbocycles. The van der Waals surface area contributed by atoms with Crippen molar-refractivity contribution in [2.75, 3.05) is 26.3 Å². The highest BCUT2D eigenvalue weighted by Crippen LogP contribution is 2.40. The molecule has 2 aromatic carbocycles. The van der Waals surface area contributed by atoms with E-state index < -0.39 is 0 Å². The van der Waals surface area contributed by atoms with Crippen LogP contribution in [0.1, 0.15) is 53.4 Å². The molecule has 2 aliphatic rings. The summed E-state index contributed by atoms with van der Waals surface area (Å²) in [6.07, 6.45) is 0.740. The van der Waals surface area contributed by atoms with Crippen molar-refractivity contribution >= 4 is 5.91 Å². The Labute approximate surface area is 173 Å². The summed E-state index contributed by atoms with van der Waals surface area (Å²) in [6, 6.07) is 14.1. The maximum absolute atomic E-state index is 12.9. The predicted molar refractivity (Wildman–Crippen MR) is 113 cm³/mol. The molecule has 4 rings (SSSR count). The van der Waals surface area contributed by atoms with Crippen LogP contribution in [-0.4, -0.2) is 42.7 Å². The lowest BCUT2D eigenvalue weighted by Crippen LogP contribution is -2.41. The SMILES string of the molecule is Cc1ccc2c(c1)C(NC(=O)c1ccc(CN3CCOCC3)cc1)CC(C)(C)O2. The summed E-state index contributed by atoms with van der Waals surface area (Å²) >= 11 is 0. The van der Waals surface area contributed by atoms with Crippen molar-refractivity contribution in [3.63, 3.8) is 0 Å². The zero-order valence-electron chi connectivity index (χ0n) is 17.5. The molecule has 2 heterocycles. The van der Waals surface area contributed by atoms with E-state index in [2.05, 4.69) is 49.2 Å². The van der Waals surface area contributed by atoms with Crippen LogP contribution in [0.3, 0.4) is 0 Å². The first-order chi connectivity index (χ1) is 13.9. The molecule has 0 saturated carbocycles. The van der Waals surface area contributed by atoms with Gasteiger partial charge in [-0.3, -0.25) is 9.69 Å². The first kappa shape index (κ1) is 19.9. The minimum Gasteiger partial charge on any atom is -0.487 e. The number of aryl methyl sites for hydroxylation is 1. The molecule has 154 valence electrons. The fraction of sp³-hybridized carbons (Fsp3) is 0.458. The van der Waals surface area contributed by atoms with Gasteiger partial charge in [-0.25, -0.2) is 0 Å². The molecule has 0 radical (unpaired) electrons. The van der Waals surface area contributed by atoms with E-state index in [-0.39, 0.29) is 17.6 Å². The van der Waals surface area contributed by atoms with Crippen LogP contribution in [0.4, 0.5) is 0 Å². The second kappa shape index (κ2) is 8.17. The number of nitrogens with zero attached hydrogens (tertiary/aromatic N) is 1. The minimum atomic E-state index is -0.317. The van der Waals surface area contributed by atoms with Crippen LogP contribution in [0.5, 0.6) is 5.75 Å². The van der Waals surface area contributed by atoms with Gasteiger partial charge < -0.3 is 14.8 Å². The number of hydrogen-bond acceptors (Lipinski definition) is 4. The van der Waals surface area contributed by atoms with Gasteiger partial charge in [0.05, 0.1) is 19.3 Å². The van der Waals surface area contributed by atoms with Crippen molar-refractivity contribution in [2.45, 2.75) is 45.4 Å². The molecule has 0 spiro atoms. The number of nitrogens with one attached hydrogen (secondary N) is 1. The number of rotatable bonds is 4. The van der Waals surface area contributed by atoms with Crippen molar-refractivity contribution in [1.29, 1.82) is 0 Å². The third-order valence-electron chi connectivity index (χ3n) is 5.65. The standard InChI is InChI=1S/C24H30N2O3/c1-17-4-9-22-20(14-17)21(15-24(2,3)29-22)25-23(27)19-7-5-18(6-8-19)16-26-10-12-28-13-11-26/h4-9,14,21H,10-13,15-16H2,1-3H3,(H,25,27). The molecule has 2 aliphatic heterocycles. The monoisotopic (exact) mass is 394 g/mol. The topological polar surface area (TPSA) is 50.8 Å². The smallest absolute Gasteiger partial charge is 0.251 e. The molecule has 29 heavy (non-hydrogen) atoms. The molecule has 1 atom stereocenters. The average molecular weight is 395 g/mol. The second-order valence-corrected chi connectivity index (χ2v) is 8.72. The van der Waals surface area contributed by atoms with E-state index in [9.17, 15) is 4.79 Å². The Balaban J connectivity index is 1.45. The van der Waals surface area contributed by atoms with Crippen LogP contribution in [0.15, 0.2) is 42.5 Å². The zero-order chi connectivity index (χ0) is 20.4. The fourth-order valence-electron chi connectivity index (χ4n) is 4.12. The Morgan fingerprint density at radius 2 is 1.86 bits per heavy atom. The van der Waals surface area contributed by atoms with Crippen molar-refractivity contribution in [3.05, 3.63) is 64.7 Å². The van der Waals surface area contributed by atoms with Gasteiger partial charge in [0.25, 0.3) is 5.91 Å². The molecule has 1 saturated heterocycles. The van der Waals surface area contributed by atoms with Gasteiger partial charge in [0.15, 0.2) is 0 Å². The summed E-state index contributed by atoms with van der Waals surface area (Å²) in [5.41, 5.74) is 3.81. The Morgan fingerprint density at radius 1 is 1.14 bits per heavy atom. The first-order valence-electron chi connectivity index (χ1n) is 10.4. The largest absolute Gasteiger partial charge is 0.487 e. The number of hydrogen-bond donors (Lipinski definition) is 1. The summed E-state index contributed by atoms with van der Waals surface area (Å²) in [5, 5.41) is 3.23. The lowest BCUT2D eigenvalue weighted by atomic mass is 9.88. The highest BCUT2D eigenvalue weighted by Gasteiger charge is 2.34. The van der Waals surface area contributed by atoms with Gasteiger partial charge in [0.1, 0.15) is 11.4 Å². The molecule has 0 aromatic heterocycles. The van der Waals surface area contributed by atoms with Gasteiger partial charge in [-0.2, -0.15) is 0 Å². The van der Waals surface area contributed by atoms with Gasteiger partial charge >= 0.3 is 0 Å². The Hall–Kier alpha value is -2.37. The maximum Gasteiger partial charge on any atom is 0.251 e. The minimum absolute atomic E-state index is 0.0434.